The Hall–Kier alpha value is -0.540. The van der Waals surface area contributed by atoms with Crippen molar-refractivity contribution in [1.29, 1.82) is 0 Å². The van der Waals surface area contributed by atoms with Crippen molar-refractivity contribution in [3.8, 4) is 5.75 Å². The second-order valence-electron chi connectivity index (χ2n) is 2.68. The van der Waals surface area contributed by atoms with Crippen LogP contribution in [0.25, 0.3) is 0 Å². The molecular weight excluding hydrogens is 232 g/mol. The van der Waals surface area contributed by atoms with E-state index in [1.807, 2.05) is 18.2 Å². The lowest BCUT2D eigenvalue weighted by atomic mass is 10.2. The quantitative estimate of drug-likeness (QED) is 0.578. The fraction of sp³-hybridized carbons (Fsp3) is 0.400. The van der Waals surface area contributed by atoms with E-state index in [0.717, 1.165) is 23.1 Å². The first-order valence-electron chi connectivity index (χ1n) is 4.22. The molecular formula is C10H12BrO2. The lowest BCUT2D eigenvalue weighted by Crippen LogP contribution is -1.97. The van der Waals surface area contributed by atoms with Gasteiger partial charge in [0.15, 0.2) is 0 Å². The van der Waals surface area contributed by atoms with E-state index in [-0.39, 0.29) is 6.61 Å². The van der Waals surface area contributed by atoms with Crippen LogP contribution in [-0.4, -0.2) is 11.9 Å². The van der Waals surface area contributed by atoms with Gasteiger partial charge in [0.25, 0.3) is 0 Å². The van der Waals surface area contributed by atoms with Gasteiger partial charge in [-0.25, -0.2) is 5.11 Å². The first-order valence-corrected chi connectivity index (χ1v) is 5.35. The van der Waals surface area contributed by atoms with Gasteiger partial charge >= 0.3 is 0 Å². The van der Waals surface area contributed by atoms with Gasteiger partial charge in [-0.15, -0.1) is 0 Å². The van der Waals surface area contributed by atoms with Crippen molar-refractivity contribution in [2.24, 2.45) is 0 Å². The third-order valence-corrected chi connectivity index (χ3v) is 2.17. The largest absolute Gasteiger partial charge is 0.494 e. The van der Waals surface area contributed by atoms with E-state index in [1.165, 1.54) is 0 Å². The standard InChI is InChI=1S/C10H12BrO2/c11-5-2-6-13-10-4-1-3-9(7-10)8-12/h1,3-4,7H,2,5-6,8H2. The Morgan fingerprint density at radius 2 is 2.23 bits per heavy atom. The topological polar surface area (TPSA) is 29.1 Å². The Balaban J connectivity index is 2.46. The maximum Gasteiger partial charge on any atom is 0.119 e. The van der Waals surface area contributed by atoms with Crippen LogP contribution in [0.15, 0.2) is 24.3 Å². The van der Waals surface area contributed by atoms with Gasteiger partial charge in [0.1, 0.15) is 12.4 Å². The highest BCUT2D eigenvalue weighted by Crippen LogP contribution is 2.13. The molecule has 3 heteroatoms. The molecule has 13 heavy (non-hydrogen) atoms. The summed E-state index contributed by atoms with van der Waals surface area (Å²) in [5, 5.41) is 11.5. The van der Waals surface area contributed by atoms with Crippen molar-refractivity contribution in [2.75, 3.05) is 11.9 Å². The van der Waals surface area contributed by atoms with Gasteiger partial charge in [-0.2, -0.15) is 0 Å². The van der Waals surface area contributed by atoms with E-state index >= 15 is 0 Å². The van der Waals surface area contributed by atoms with Gasteiger partial charge in [0.2, 0.25) is 0 Å². The monoisotopic (exact) mass is 243 g/mol. The third kappa shape index (κ3) is 3.79. The molecule has 0 aliphatic rings. The number of rotatable bonds is 5. The molecule has 0 saturated carbocycles. The summed E-state index contributed by atoms with van der Waals surface area (Å²) >= 11 is 3.32. The zero-order valence-electron chi connectivity index (χ0n) is 7.33. The van der Waals surface area contributed by atoms with Crippen molar-refractivity contribution < 1.29 is 9.84 Å². The number of ether oxygens (including phenoxy) is 1. The lowest BCUT2D eigenvalue weighted by Gasteiger charge is -2.05. The fourth-order valence-corrected chi connectivity index (χ4v) is 1.20. The van der Waals surface area contributed by atoms with Crippen LogP contribution in [0.2, 0.25) is 0 Å². The van der Waals surface area contributed by atoms with Crippen LogP contribution in [0.5, 0.6) is 5.75 Å². The molecule has 1 radical (unpaired) electrons. The Morgan fingerprint density at radius 3 is 2.92 bits per heavy atom. The van der Waals surface area contributed by atoms with E-state index in [4.69, 9.17) is 4.74 Å². The summed E-state index contributed by atoms with van der Waals surface area (Å²) in [6, 6.07) is 7.32. The molecule has 0 fully saturated rings. The average Bonchev–Trinajstić information content (AvgIpc) is 2.19. The van der Waals surface area contributed by atoms with Crippen LogP contribution in [0.4, 0.5) is 0 Å². The second-order valence-corrected chi connectivity index (χ2v) is 3.48. The number of benzene rings is 1. The van der Waals surface area contributed by atoms with E-state index in [0.29, 0.717) is 6.61 Å². The smallest absolute Gasteiger partial charge is 0.119 e. The molecule has 0 atom stereocenters. The summed E-state index contributed by atoms with van der Waals surface area (Å²) in [7, 11) is 0. The molecule has 71 valence electrons. The summed E-state index contributed by atoms with van der Waals surface area (Å²) in [5.74, 6) is 0.786. The molecule has 0 heterocycles. The lowest BCUT2D eigenvalue weighted by molar-refractivity contribution is 0.177. The van der Waals surface area contributed by atoms with Crippen LogP contribution in [0.3, 0.4) is 0 Å². The predicted octanol–water partition coefficient (Wildman–Crippen LogP) is 2.78. The van der Waals surface area contributed by atoms with Crippen molar-refractivity contribution in [3.05, 3.63) is 29.8 Å². The molecule has 0 aliphatic heterocycles. The van der Waals surface area contributed by atoms with Gasteiger partial charge in [0, 0.05) is 5.33 Å². The van der Waals surface area contributed by atoms with E-state index in [1.54, 1.807) is 6.07 Å². The zero-order valence-corrected chi connectivity index (χ0v) is 8.92. The highest BCUT2D eigenvalue weighted by atomic mass is 79.9. The molecule has 0 saturated heterocycles. The first-order chi connectivity index (χ1) is 6.36. The fourth-order valence-electron chi connectivity index (χ4n) is 0.970. The second kappa shape index (κ2) is 6.00. The van der Waals surface area contributed by atoms with Crippen LogP contribution < -0.4 is 4.74 Å². The molecule has 0 aromatic heterocycles. The van der Waals surface area contributed by atoms with Gasteiger partial charge < -0.3 is 4.74 Å². The highest BCUT2D eigenvalue weighted by Gasteiger charge is 1.95. The first kappa shape index (κ1) is 10.5. The molecule has 1 aromatic rings. The Bertz CT molecular complexity index is 250. The molecule has 0 N–H and O–H groups in total. The molecule has 0 amide bonds. The Kier molecular flexibility index (Phi) is 4.86. The van der Waals surface area contributed by atoms with Crippen molar-refractivity contribution in [2.45, 2.75) is 13.0 Å². The van der Waals surface area contributed by atoms with Crippen LogP contribution in [0, 0.1) is 0 Å². The minimum atomic E-state index is -0.185. The van der Waals surface area contributed by atoms with E-state index in [9.17, 15) is 5.11 Å². The minimum Gasteiger partial charge on any atom is -0.494 e. The van der Waals surface area contributed by atoms with Crippen LogP contribution >= 0.6 is 15.9 Å². The summed E-state index contributed by atoms with van der Waals surface area (Å²) < 4.78 is 5.42. The molecule has 2 nitrogen and oxygen atoms in total. The van der Waals surface area contributed by atoms with Gasteiger partial charge in [-0.3, -0.25) is 0 Å². The van der Waals surface area contributed by atoms with E-state index in [2.05, 4.69) is 15.9 Å². The number of halogens is 1. The summed E-state index contributed by atoms with van der Waals surface area (Å²) in [6.45, 7) is 0.503. The maximum atomic E-state index is 10.6. The summed E-state index contributed by atoms with van der Waals surface area (Å²) in [5.41, 5.74) is 0.774. The third-order valence-electron chi connectivity index (χ3n) is 1.61. The van der Waals surface area contributed by atoms with Crippen molar-refractivity contribution in [3.63, 3.8) is 0 Å². The van der Waals surface area contributed by atoms with Gasteiger partial charge in [0.05, 0.1) is 6.61 Å². The van der Waals surface area contributed by atoms with Crippen LogP contribution in [0.1, 0.15) is 12.0 Å². The molecule has 0 aliphatic carbocycles. The Morgan fingerprint density at radius 1 is 1.38 bits per heavy atom. The molecule has 0 spiro atoms. The average molecular weight is 244 g/mol. The molecule has 1 rings (SSSR count). The summed E-state index contributed by atoms with van der Waals surface area (Å²) in [4.78, 5) is 0. The molecule has 0 bridgehead atoms. The van der Waals surface area contributed by atoms with Gasteiger partial charge in [-0.1, -0.05) is 28.1 Å². The molecule has 1 aromatic carbocycles. The normalized spacial score (nSPS) is 10.0. The van der Waals surface area contributed by atoms with Crippen molar-refractivity contribution >= 4 is 15.9 Å². The maximum absolute atomic E-state index is 10.6. The van der Waals surface area contributed by atoms with E-state index < -0.39 is 0 Å². The van der Waals surface area contributed by atoms with Crippen LogP contribution in [-0.2, 0) is 11.7 Å². The number of hydrogen-bond donors (Lipinski definition) is 0. The SMILES string of the molecule is [O]Cc1cccc(OCCCBr)c1. The van der Waals surface area contributed by atoms with Gasteiger partial charge in [-0.05, 0) is 24.1 Å². The number of hydrogen-bond acceptors (Lipinski definition) is 1. The summed E-state index contributed by atoms with van der Waals surface area (Å²) in [6.07, 6.45) is 0.974. The number of alkyl halides is 1. The highest BCUT2D eigenvalue weighted by molar-refractivity contribution is 9.09. The Labute approximate surface area is 86.7 Å². The molecule has 0 unspecified atom stereocenters. The minimum absolute atomic E-state index is 0.185. The predicted molar refractivity (Wildman–Crippen MR) is 54.7 cm³/mol. The zero-order chi connectivity index (χ0) is 9.52. The van der Waals surface area contributed by atoms with Crippen molar-refractivity contribution in [1.82, 2.24) is 0 Å².